The second-order valence-electron chi connectivity index (χ2n) is 2.28. The molecule has 0 spiro atoms. The van der Waals surface area contributed by atoms with Crippen LogP contribution in [0.15, 0.2) is 16.6 Å². The molecular weight excluding hydrogens is 265 g/mol. The number of hydrogen-bond donors (Lipinski definition) is 0. The van der Waals surface area contributed by atoms with Crippen LogP contribution in [-0.2, 0) is 0 Å². The fourth-order valence-corrected chi connectivity index (χ4v) is 1.28. The highest BCUT2D eigenvalue weighted by molar-refractivity contribution is 9.10. The fourth-order valence-electron chi connectivity index (χ4n) is 0.813. The molecule has 1 aromatic carbocycles. The van der Waals surface area contributed by atoms with Crippen LogP contribution in [0, 0.1) is 5.82 Å². The number of Topliss-reactive ketones (excluding diaryl/α,β-unsaturated/α-hetero) is 1. The molecule has 0 N–H and O–H groups in total. The lowest BCUT2D eigenvalue weighted by Crippen LogP contribution is -2.04. The lowest BCUT2D eigenvalue weighted by molar-refractivity contribution is 0.0954. The number of rotatable bonds is 2. The fraction of sp³-hybridized carbons (Fsp3) is 0.125. The minimum Gasteiger partial charge on any atom is -0.291 e. The van der Waals surface area contributed by atoms with Crippen LogP contribution in [0.2, 0.25) is 5.02 Å². The van der Waals surface area contributed by atoms with E-state index in [2.05, 4.69) is 15.9 Å². The summed E-state index contributed by atoms with van der Waals surface area (Å²) in [7, 11) is 0. The molecule has 13 heavy (non-hydrogen) atoms. The Hall–Kier alpha value is -0.480. The van der Waals surface area contributed by atoms with Crippen LogP contribution in [0.4, 0.5) is 8.78 Å². The Morgan fingerprint density at radius 1 is 1.54 bits per heavy atom. The summed E-state index contributed by atoms with van der Waals surface area (Å²) in [5.41, 5.74) is -0.323. The van der Waals surface area contributed by atoms with Crippen molar-refractivity contribution in [1.29, 1.82) is 0 Å². The van der Waals surface area contributed by atoms with Gasteiger partial charge in [-0.1, -0.05) is 11.6 Å². The first-order chi connectivity index (χ1) is 6.07. The Morgan fingerprint density at radius 2 is 2.15 bits per heavy atom. The maximum absolute atomic E-state index is 13.2. The van der Waals surface area contributed by atoms with Crippen LogP contribution in [0.1, 0.15) is 10.4 Å². The summed E-state index contributed by atoms with van der Waals surface area (Å²) in [6.07, 6.45) is 0. The lowest BCUT2D eigenvalue weighted by Gasteiger charge is -2.02. The predicted octanol–water partition coefficient (Wildman–Crippen LogP) is 3.39. The third kappa shape index (κ3) is 2.06. The van der Waals surface area contributed by atoms with Crippen molar-refractivity contribution in [2.24, 2.45) is 0 Å². The average Bonchev–Trinajstić information content (AvgIpc) is 2.13. The molecule has 1 aromatic rings. The van der Waals surface area contributed by atoms with Crippen LogP contribution in [0.3, 0.4) is 0 Å². The molecule has 0 aliphatic rings. The van der Waals surface area contributed by atoms with Gasteiger partial charge in [0.05, 0.1) is 10.6 Å². The van der Waals surface area contributed by atoms with Gasteiger partial charge in [-0.05, 0) is 28.1 Å². The van der Waals surface area contributed by atoms with Gasteiger partial charge in [0.25, 0.3) is 0 Å². The average molecular weight is 269 g/mol. The molecule has 0 aromatic heterocycles. The number of alkyl halides is 1. The Labute approximate surface area is 86.8 Å². The highest BCUT2D eigenvalue weighted by Gasteiger charge is 2.15. The molecule has 1 nitrogen and oxygen atoms in total. The van der Waals surface area contributed by atoms with E-state index in [1.807, 2.05) is 0 Å². The second kappa shape index (κ2) is 4.15. The highest BCUT2D eigenvalue weighted by atomic mass is 79.9. The molecule has 1 rings (SSSR count). The van der Waals surface area contributed by atoms with Gasteiger partial charge in [0.1, 0.15) is 0 Å². The summed E-state index contributed by atoms with van der Waals surface area (Å²) < 4.78 is 25.4. The normalized spacial score (nSPS) is 10.2. The number of carbonyl (C=O) groups excluding carboxylic acids is 1. The van der Waals surface area contributed by atoms with Gasteiger partial charge in [0.2, 0.25) is 0 Å². The van der Waals surface area contributed by atoms with Crippen molar-refractivity contribution in [3.05, 3.63) is 33.0 Å². The summed E-state index contributed by atoms with van der Waals surface area (Å²) in [5.74, 6) is -1.80. The third-order valence-electron chi connectivity index (χ3n) is 1.46. The van der Waals surface area contributed by atoms with E-state index < -0.39 is 18.3 Å². The zero-order chi connectivity index (χ0) is 10.0. The maximum Gasteiger partial charge on any atom is 0.196 e. The Balaban J connectivity index is 3.26. The number of ketones is 1. The molecule has 0 amide bonds. The van der Waals surface area contributed by atoms with Crippen LogP contribution < -0.4 is 0 Å². The molecular formula is C8H4BrClF2O. The van der Waals surface area contributed by atoms with E-state index in [-0.39, 0.29) is 10.6 Å². The van der Waals surface area contributed by atoms with E-state index in [0.717, 1.165) is 0 Å². The summed E-state index contributed by atoms with van der Waals surface area (Å²) in [6, 6.07) is 2.58. The van der Waals surface area contributed by atoms with Crippen LogP contribution in [-0.4, -0.2) is 12.5 Å². The largest absolute Gasteiger partial charge is 0.291 e. The predicted molar refractivity (Wildman–Crippen MR) is 49.4 cm³/mol. The van der Waals surface area contributed by atoms with E-state index in [0.29, 0.717) is 4.47 Å². The smallest absolute Gasteiger partial charge is 0.196 e. The van der Waals surface area contributed by atoms with E-state index in [9.17, 15) is 13.6 Å². The number of halogens is 4. The van der Waals surface area contributed by atoms with Gasteiger partial charge >= 0.3 is 0 Å². The zero-order valence-electron chi connectivity index (χ0n) is 6.28. The van der Waals surface area contributed by atoms with E-state index in [4.69, 9.17) is 11.6 Å². The molecule has 5 heteroatoms. The first-order valence-electron chi connectivity index (χ1n) is 3.30. The molecule has 0 bridgehead atoms. The number of carbonyl (C=O) groups is 1. The highest BCUT2D eigenvalue weighted by Crippen LogP contribution is 2.27. The summed E-state index contributed by atoms with van der Waals surface area (Å²) in [6.45, 7) is -1.23. The molecule has 0 aliphatic carbocycles. The van der Waals surface area contributed by atoms with E-state index in [1.54, 1.807) is 0 Å². The molecule has 0 saturated heterocycles. The van der Waals surface area contributed by atoms with E-state index >= 15 is 0 Å². The van der Waals surface area contributed by atoms with Crippen molar-refractivity contribution in [2.45, 2.75) is 0 Å². The summed E-state index contributed by atoms with van der Waals surface area (Å²) in [4.78, 5) is 10.8. The standard InChI is InChI=1S/C8H4BrClF2O/c9-5-2-1-4(6(13)3-11)8(12)7(5)10/h1-2H,3H2. The molecule has 0 aliphatic heterocycles. The first-order valence-corrected chi connectivity index (χ1v) is 4.47. The Morgan fingerprint density at radius 3 is 2.69 bits per heavy atom. The molecule has 0 heterocycles. The monoisotopic (exact) mass is 268 g/mol. The van der Waals surface area contributed by atoms with Crippen molar-refractivity contribution >= 4 is 33.3 Å². The molecule has 0 radical (unpaired) electrons. The molecule has 0 atom stereocenters. The zero-order valence-corrected chi connectivity index (χ0v) is 8.62. The maximum atomic E-state index is 13.2. The topological polar surface area (TPSA) is 17.1 Å². The molecule has 0 unspecified atom stereocenters. The number of hydrogen-bond acceptors (Lipinski definition) is 1. The van der Waals surface area contributed by atoms with Gasteiger partial charge < -0.3 is 0 Å². The Kier molecular flexibility index (Phi) is 3.39. The van der Waals surface area contributed by atoms with Gasteiger partial charge in [-0.3, -0.25) is 4.79 Å². The van der Waals surface area contributed by atoms with Gasteiger partial charge in [0, 0.05) is 4.47 Å². The van der Waals surface area contributed by atoms with Crippen molar-refractivity contribution in [1.82, 2.24) is 0 Å². The SMILES string of the molecule is O=C(CF)c1ccc(Br)c(Cl)c1F. The van der Waals surface area contributed by atoms with Crippen molar-refractivity contribution in [2.75, 3.05) is 6.67 Å². The first kappa shape index (κ1) is 10.6. The van der Waals surface area contributed by atoms with Crippen LogP contribution >= 0.6 is 27.5 Å². The molecule has 0 saturated carbocycles. The van der Waals surface area contributed by atoms with Gasteiger partial charge in [0.15, 0.2) is 18.3 Å². The van der Waals surface area contributed by atoms with Crippen molar-refractivity contribution in [3.8, 4) is 0 Å². The van der Waals surface area contributed by atoms with Crippen molar-refractivity contribution < 1.29 is 13.6 Å². The van der Waals surface area contributed by atoms with Crippen LogP contribution in [0.5, 0.6) is 0 Å². The second-order valence-corrected chi connectivity index (χ2v) is 3.51. The van der Waals surface area contributed by atoms with E-state index in [1.165, 1.54) is 12.1 Å². The third-order valence-corrected chi connectivity index (χ3v) is 2.72. The minimum atomic E-state index is -1.23. The number of benzene rings is 1. The van der Waals surface area contributed by atoms with Gasteiger partial charge in [-0.25, -0.2) is 8.78 Å². The lowest BCUT2D eigenvalue weighted by atomic mass is 10.1. The molecule has 0 fully saturated rings. The Bertz CT molecular complexity index is 354. The summed E-state index contributed by atoms with van der Waals surface area (Å²) in [5, 5.41) is -0.209. The van der Waals surface area contributed by atoms with Gasteiger partial charge in [-0.2, -0.15) is 0 Å². The summed E-state index contributed by atoms with van der Waals surface area (Å²) >= 11 is 8.46. The van der Waals surface area contributed by atoms with Crippen molar-refractivity contribution in [3.63, 3.8) is 0 Å². The molecule has 70 valence electrons. The minimum absolute atomic E-state index is 0.209. The van der Waals surface area contributed by atoms with Crippen LogP contribution in [0.25, 0.3) is 0 Å². The van der Waals surface area contributed by atoms with Gasteiger partial charge in [-0.15, -0.1) is 0 Å². The quantitative estimate of drug-likeness (QED) is 0.594.